The highest BCUT2D eigenvalue weighted by Crippen LogP contribution is 2.33. The number of anilines is 1. The smallest absolute Gasteiger partial charge is 0.414 e. The second kappa shape index (κ2) is 8.87. The molecule has 0 spiro atoms. The monoisotopic (exact) mass is 402 g/mol. The molecule has 9 heteroatoms. The highest BCUT2D eigenvalue weighted by atomic mass is 19.1. The van der Waals surface area contributed by atoms with Gasteiger partial charge >= 0.3 is 6.09 Å². The minimum absolute atomic E-state index is 0.207. The highest BCUT2D eigenvalue weighted by molar-refractivity contribution is 5.90. The molecule has 2 N–H and O–H groups in total. The molecule has 1 atom stereocenters. The van der Waals surface area contributed by atoms with E-state index in [2.05, 4.69) is 15.6 Å². The molecule has 1 saturated heterocycles. The van der Waals surface area contributed by atoms with E-state index in [0.29, 0.717) is 23.7 Å². The first-order valence-corrected chi connectivity index (χ1v) is 9.13. The lowest BCUT2D eigenvalue weighted by atomic mass is 10.1. The Balaban J connectivity index is 1.82. The van der Waals surface area contributed by atoms with Crippen LogP contribution in [-0.4, -0.2) is 50.3 Å². The van der Waals surface area contributed by atoms with Gasteiger partial charge in [0.05, 0.1) is 25.9 Å². The summed E-state index contributed by atoms with van der Waals surface area (Å²) >= 11 is 0. The number of benzene rings is 1. The summed E-state index contributed by atoms with van der Waals surface area (Å²) in [5, 5.41) is 5.63. The van der Waals surface area contributed by atoms with Crippen LogP contribution in [0.3, 0.4) is 0 Å². The fourth-order valence-electron chi connectivity index (χ4n) is 3.10. The molecule has 2 heterocycles. The number of hydrogen-bond acceptors (Lipinski definition) is 6. The first-order chi connectivity index (χ1) is 13.9. The van der Waals surface area contributed by atoms with Crippen LogP contribution >= 0.6 is 0 Å². The van der Waals surface area contributed by atoms with Crippen LogP contribution in [0.1, 0.15) is 12.5 Å². The van der Waals surface area contributed by atoms with Crippen molar-refractivity contribution in [3.05, 3.63) is 41.8 Å². The van der Waals surface area contributed by atoms with Crippen LogP contribution in [0.5, 0.6) is 5.75 Å². The third kappa shape index (κ3) is 4.62. The molecule has 8 nitrogen and oxygen atoms in total. The van der Waals surface area contributed by atoms with Crippen molar-refractivity contribution in [1.82, 2.24) is 15.6 Å². The van der Waals surface area contributed by atoms with Gasteiger partial charge in [-0.15, -0.1) is 0 Å². The van der Waals surface area contributed by atoms with Crippen molar-refractivity contribution in [2.75, 3.05) is 32.1 Å². The van der Waals surface area contributed by atoms with E-state index in [1.54, 1.807) is 24.4 Å². The van der Waals surface area contributed by atoms with Gasteiger partial charge in [0.1, 0.15) is 23.4 Å². The molecule has 2 aromatic rings. The summed E-state index contributed by atoms with van der Waals surface area (Å²) in [6.07, 6.45) is 0.585. The van der Waals surface area contributed by atoms with Gasteiger partial charge in [0.15, 0.2) is 0 Å². The average Bonchev–Trinajstić information content (AvgIpc) is 3.07. The number of carbonyl (C=O) groups is 2. The summed E-state index contributed by atoms with van der Waals surface area (Å²) in [5.74, 6) is -0.287. The summed E-state index contributed by atoms with van der Waals surface area (Å²) in [7, 11) is 3.33. The maximum absolute atomic E-state index is 14.9. The summed E-state index contributed by atoms with van der Waals surface area (Å²) in [4.78, 5) is 28.8. The van der Waals surface area contributed by atoms with E-state index in [1.165, 1.54) is 25.0 Å². The molecule has 0 bridgehead atoms. The molecule has 1 aliphatic heterocycles. The normalized spacial score (nSPS) is 15.9. The van der Waals surface area contributed by atoms with Gasteiger partial charge < -0.3 is 20.1 Å². The van der Waals surface area contributed by atoms with E-state index in [4.69, 9.17) is 9.47 Å². The number of amides is 2. The molecular weight excluding hydrogens is 379 g/mol. The number of rotatable bonds is 7. The SMILES string of the molecule is CNCc1cnc(-c2ccc(N3C[C@H](CNC(C)=O)OC3=O)cc2F)c(OC)c1. The summed E-state index contributed by atoms with van der Waals surface area (Å²) < 4.78 is 25.5. The van der Waals surface area contributed by atoms with Gasteiger partial charge in [-0.1, -0.05) is 0 Å². The topological polar surface area (TPSA) is 92.8 Å². The van der Waals surface area contributed by atoms with Crippen molar-refractivity contribution in [3.8, 4) is 17.0 Å². The van der Waals surface area contributed by atoms with Crippen LogP contribution in [-0.2, 0) is 16.1 Å². The second-order valence-corrected chi connectivity index (χ2v) is 6.64. The number of halogens is 1. The molecule has 1 aliphatic rings. The number of aromatic nitrogens is 1. The number of hydrogen-bond donors (Lipinski definition) is 2. The molecule has 0 unspecified atom stereocenters. The summed E-state index contributed by atoms with van der Waals surface area (Å²) in [6.45, 7) is 2.43. The van der Waals surface area contributed by atoms with Crippen LogP contribution in [0.4, 0.5) is 14.9 Å². The average molecular weight is 402 g/mol. The molecule has 1 aromatic carbocycles. The standard InChI is InChI=1S/C20H23FN4O4/c1-12(26)23-10-15-11-25(20(27)29-15)14-4-5-16(17(21)7-14)19-18(28-3)6-13(8-22-2)9-24-19/h4-7,9,15,22H,8,10-11H2,1-3H3,(H,23,26)/t15-/m0/s1. The fraction of sp³-hybridized carbons (Fsp3) is 0.350. The number of methoxy groups -OCH3 is 1. The number of ether oxygens (including phenoxy) is 2. The first kappa shape index (κ1) is 20.5. The Kier molecular flexibility index (Phi) is 6.28. The Hall–Kier alpha value is -3.20. The van der Waals surface area contributed by atoms with Gasteiger partial charge in [0, 0.05) is 25.2 Å². The number of carbonyl (C=O) groups excluding carboxylic acids is 2. The molecule has 154 valence electrons. The Morgan fingerprint density at radius 1 is 1.41 bits per heavy atom. The first-order valence-electron chi connectivity index (χ1n) is 9.13. The Morgan fingerprint density at radius 2 is 2.21 bits per heavy atom. The van der Waals surface area contributed by atoms with Gasteiger partial charge in [0.2, 0.25) is 5.91 Å². The quantitative estimate of drug-likeness (QED) is 0.737. The van der Waals surface area contributed by atoms with Gasteiger partial charge in [-0.05, 0) is 36.9 Å². The number of nitrogens with zero attached hydrogens (tertiary/aromatic N) is 2. The highest BCUT2D eigenvalue weighted by Gasteiger charge is 2.32. The van der Waals surface area contributed by atoms with Crippen molar-refractivity contribution in [1.29, 1.82) is 0 Å². The fourth-order valence-corrected chi connectivity index (χ4v) is 3.10. The molecule has 0 aliphatic carbocycles. The van der Waals surface area contributed by atoms with Crippen LogP contribution < -0.4 is 20.3 Å². The van der Waals surface area contributed by atoms with Crippen LogP contribution in [0.25, 0.3) is 11.3 Å². The maximum Gasteiger partial charge on any atom is 0.414 e. The zero-order valence-corrected chi connectivity index (χ0v) is 16.5. The minimum Gasteiger partial charge on any atom is -0.494 e. The molecule has 1 aromatic heterocycles. The molecule has 1 fully saturated rings. The van der Waals surface area contributed by atoms with Crippen molar-refractivity contribution in [2.45, 2.75) is 19.6 Å². The lowest BCUT2D eigenvalue weighted by Gasteiger charge is -2.15. The van der Waals surface area contributed by atoms with Crippen LogP contribution in [0.2, 0.25) is 0 Å². The Bertz CT molecular complexity index is 921. The number of cyclic esters (lactones) is 1. The molecule has 3 rings (SSSR count). The molecule has 29 heavy (non-hydrogen) atoms. The van der Waals surface area contributed by atoms with Gasteiger partial charge in [-0.2, -0.15) is 0 Å². The number of nitrogens with one attached hydrogen (secondary N) is 2. The molecule has 0 radical (unpaired) electrons. The number of pyridine rings is 1. The third-order valence-electron chi connectivity index (χ3n) is 4.48. The molecule has 0 saturated carbocycles. The van der Waals surface area contributed by atoms with Crippen LogP contribution in [0, 0.1) is 5.82 Å². The Morgan fingerprint density at radius 3 is 2.86 bits per heavy atom. The largest absolute Gasteiger partial charge is 0.494 e. The Labute approximate surface area is 168 Å². The van der Waals surface area contributed by atoms with E-state index in [0.717, 1.165) is 5.56 Å². The third-order valence-corrected chi connectivity index (χ3v) is 4.48. The van der Waals surface area contributed by atoms with E-state index in [9.17, 15) is 14.0 Å². The van der Waals surface area contributed by atoms with Gasteiger partial charge in [0.25, 0.3) is 0 Å². The van der Waals surface area contributed by atoms with Crippen molar-refractivity contribution in [2.24, 2.45) is 0 Å². The summed E-state index contributed by atoms with van der Waals surface area (Å²) in [5.41, 5.74) is 1.93. The van der Waals surface area contributed by atoms with Crippen molar-refractivity contribution in [3.63, 3.8) is 0 Å². The predicted octanol–water partition coefficient (Wildman–Crippen LogP) is 2.08. The molecule has 2 amide bonds. The van der Waals surface area contributed by atoms with Crippen molar-refractivity contribution >= 4 is 17.7 Å². The van der Waals surface area contributed by atoms with Crippen molar-refractivity contribution < 1.29 is 23.5 Å². The lowest BCUT2D eigenvalue weighted by molar-refractivity contribution is -0.119. The molecular formula is C20H23FN4O4. The van der Waals surface area contributed by atoms with E-state index in [1.807, 2.05) is 7.05 Å². The zero-order valence-electron chi connectivity index (χ0n) is 16.5. The predicted molar refractivity (Wildman–Crippen MR) is 105 cm³/mol. The van der Waals surface area contributed by atoms with Gasteiger partial charge in [-0.3, -0.25) is 14.7 Å². The van der Waals surface area contributed by atoms with E-state index < -0.39 is 18.0 Å². The van der Waals surface area contributed by atoms with E-state index in [-0.39, 0.29) is 24.6 Å². The van der Waals surface area contributed by atoms with E-state index >= 15 is 0 Å². The van der Waals surface area contributed by atoms with Crippen LogP contribution in [0.15, 0.2) is 30.5 Å². The lowest BCUT2D eigenvalue weighted by Crippen LogP contribution is -2.33. The second-order valence-electron chi connectivity index (χ2n) is 6.64. The zero-order chi connectivity index (χ0) is 21.0. The maximum atomic E-state index is 14.9. The van der Waals surface area contributed by atoms with Gasteiger partial charge in [-0.25, -0.2) is 9.18 Å². The summed E-state index contributed by atoms with van der Waals surface area (Å²) in [6, 6.07) is 6.25. The minimum atomic E-state index is -0.584.